The number of hydrogen-bond acceptors (Lipinski definition) is 5. The highest BCUT2D eigenvalue weighted by Crippen LogP contribution is 2.29. The van der Waals surface area contributed by atoms with Gasteiger partial charge in [0.1, 0.15) is 5.75 Å². The van der Waals surface area contributed by atoms with Crippen LogP contribution in [0.25, 0.3) is 11.4 Å². The minimum atomic E-state index is 0.111. The quantitative estimate of drug-likeness (QED) is 0.905. The third-order valence-electron chi connectivity index (χ3n) is 2.38. The van der Waals surface area contributed by atoms with E-state index >= 15 is 0 Å². The van der Waals surface area contributed by atoms with Gasteiger partial charge in [0.15, 0.2) is 0 Å². The average molecular weight is 313 g/mol. The normalized spacial score (nSPS) is 10.6. The van der Waals surface area contributed by atoms with Crippen LogP contribution in [0.15, 0.2) is 22.7 Å². The van der Waals surface area contributed by atoms with Gasteiger partial charge < -0.3 is 9.84 Å². The van der Waals surface area contributed by atoms with E-state index in [0.29, 0.717) is 18.8 Å². The first-order chi connectivity index (χ1) is 8.74. The summed E-state index contributed by atoms with van der Waals surface area (Å²) in [6.07, 6.45) is 0.606. The molecule has 0 spiro atoms. The highest BCUT2D eigenvalue weighted by Gasteiger charge is 2.10. The van der Waals surface area contributed by atoms with Gasteiger partial charge in [-0.25, -0.2) is 0 Å². The van der Waals surface area contributed by atoms with Gasteiger partial charge >= 0.3 is 0 Å². The van der Waals surface area contributed by atoms with Crippen LogP contribution in [-0.2, 0) is 6.54 Å². The smallest absolute Gasteiger partial charge is 0.206 e. The first-order valence-corrected chi connectivity index (χ1v) is 6.26. The van der Waals surface area contributed by atoms with Crippen molar-refractivity contribution in [1.82, 2.24) is 20.2 Å². The molecule has 0 bridgehead atoms. The minimum Gasteiger partial charge on any atom is -0.497 e. The molecule has 0 atom stereocenters. The number of aliphatic hydroxyl groups is 1. The SMILES string of the molecule is COc1ccc(Br)c(-c2nnn(CCCO)n2)c1. The molecule has 7 heteroatoms. The number of tetrazole rings is 1. The molecule has 2 rings (SSSR count). The fraction of sp³-hybridized carbons (Fsp3) is 0.364. The van der Waals surface area contributed by atoms with Gasteiger partial charge in [0.25, 0.3) is 0 Å². The van der Waals surface area contributed by atoms with Gasteiger partial charge in [-0.3, -0.25) is 0 Å². The zero-order chi connectivity index (χ0) is 13.0. The summed E-state index contributed by atoms with van der Waals surface area (Å²) in [4.78, 5) is 1.47. The number of aryl methyl sites for hydroxylation is 1. The molecule has 0 saturated carbocycles. The van der Waals surface area contributed by atoms with Crippen LogP contribution in [0.1, 0.15) is 6.42 Å². The minimum absolute atomic E-state index is 0.111. The molecule has 1 heterocycles. The van der Waals surface area contributed by atoms with Crippen LogP contribution in [0.2, 0.25) is 0 Å². The van der Waals surface area contributed by atoms with Crippen LogP contribution in [0.3, 0.4) is 0 Å². The Morgan fingerprint density at radius 1 is 1.44 bits per heavy atom. The number of aliphatic hydroxyl groups excluding tert-OH is 1. The molecule has 0 aliphatic carbocycles. The molecule has 96 valence electrons. The first kappa shape index (κ1) is 13.0. The topological polar surface area (TPSA) is 73.1 Å². The largest absolute Gasteiger partial charge is 0.497 e. The molecule has 0 amide bonds. The third-order valence-corrected chi connectivity index (χ3v) is 3.08. The maximum atomic E-state index is 8.75. The van der Waals surface area contributed by atoms with Crippen LogP contribution in [0, 0.1) is 0 Å². The van der Waals surface area contributed by atoms with Gasteiger partial charge in [-0.05, 0) is 29.8 Å². The van der Waals surface area contributed by atoms with E-state index in [4.69, 9.17) is 9.84 Å². The van der Waals surface area contributed by atoms with Crippen molar-refractivity contribution in [1.29, 1.82) is 0 Å². The summed E-state index contributed by atoms with van der Waals surface area (Å²) in [6, 6.07) is 5.57. The molecule has 2 aromatic rings. The van der Waals surface area contributed by atoms with Crippen LogP contribution in [-0.4, -0.2) is 39.0 Å². The Labute approximate surface area is 113 Å². The van der Waals surface area contributed by atoms with Crippen molar-refractivity contribution in [3.63, 3.8) is 0 Å². The molecule has 1 aromatic carbocycles. The van der Waals surface area contributed by atoms with Crippen molar-refractivity contribution in [3.05, 3.63) is 22.7 Å². The Hall–Kier alpha value is -1.47. The van der Waals surface area contributed by atoms with E-state index in [9.17, 15) is 0 Å². The fourth-order valence-corrected chi connectivity index (χ4v) is 1.88. The molecular formula is C11H13BrN4O2. The first-order valence-electron chi connectivity index (χ1n) is 5.47. The van der Waals surface area contributed by atoms with Crippen molar-refractivity contribution in [2.24, 2.45) is 0 Å². The van der Waals surface area contributed by atoms with Gasteiger partial charge in [0.2, 0.25) is 5.82 Å². The maximum Gasteiger partial charge on any atom is 0.206 e. The van der Waals surface area contributed by atoms with Crippen molar-refractivity contribution in [2.75, 3.05) is 13.7 Å². The van der Waals surface area contributed by atoms with Gasteiger partial charge in [0.05, 0.1) is 13.7 Å². The van der Waals surface area contributed by atoms with Gasteiger partial charge in [-0.1, -0.05) is 15.9 Å². The second-order valence-corrected chi connectivity index (χ2v) is 4.49. The number of rotatable bonds is 5. The van der Waals surface area contributed by atoms with E-state index in [0.717, 1.165) is 15.8 Å². The lowest BCUT2D eigenvalue weighted by Crippen LogP contribution is -2.04. The Morgan fingerprint density at radius 2 is 2.28 bits per heavy atom. The lowest BCUT2D eigenvalue weighted by Gasteiger charge is -2.03. The number of hydrogen-bond donors (Lipinski definition) is 1. The number of benzene rings is 1. The molecule has 0 radical (unpaired) electrons. The molecule has 0 aliphatic heterocycles. The van der Waals surface area contributed by atoms with Crippen molar-refractivity contribution in [2.45, 2.75) is 13.0 Å². The number of methoxy groups -OCH3 is 1. The fourth-order valence-electron chi connectivity index (χ4n) is 1.46. The monoisotopic (exact) mass is 312 g/mol. The highest BCUT2D eigenvalue weighted by molar-refractivity contribution is 9.10. The Bertz CT molecular complexity index is 530. The Balaban J connectivity index is 2.27. The predicted octanol–water partition coefficient (Wildman–Crippen LogP) is 1.49. The Morgan fingerprint density at radius 3 is 3.00 bits per heavy atom. The van der Waals surface area contributed by atoms with Crippen LogP contribution in [0.5, 0.6) is 5.75 Å². The summed E-state index contributed by atoms with van der Waals surface area (Å²) >= 11 is 3.45. The van der Waals surface area contributed by atoms with E-state index in [-0.39, 0.29) is 6.61 Å². The number of aromatic nitrogens is 4. The molecule has 0 fully saturated rings. The van der Waals surface area contributed by atoms with E-state index < -0.39 is 0 Å². The zero-order valence-electron chi connectivity index (χ0n) is 9.88. The molecule has 0 saturated heterocycles. The molecule has 1 N–H and O–H groups in total. The van der Waals surface area contributed by atoms with Crippen LogP contribution in [0.4, 0.5) is 0 Å². The summed E-state index contributed by atoms with van der Waals surface area (Å²) in [7, 11) is 1.61. The van der Waals surface area contributed by atoms with Gasteiger partial charge in [-0.2, -0.15) is 4.80 Å². The standard InChI is InChI=1S/C11H13BrN4O2/c1-18-8-3-4-10(12)9(7-8)11-13-15-16(14-11)5-2-6-17/h3-4,7,17H,2,5-6H2,1H3. The lowest BCUT2D eigenvalue weighted by atomic mass is 10.2. The lowest BCUT2D eigenvalue weighted by molar-refractivity contribution is 0.272. The van der Waals surface area contributed by atoms with Gasteiger partial charge in [0, 0.05) is 16.6 Å². The summed E-state index contributed by atoms with van der Waals surface area (Å²) in [5, 5.41) is 20.9. The summed E-state index contributed by atoms with van der Waals surface area (Å²) in [5.74, 6) is 1.26. The number of halogens is 1. The summed E-state index contributed by atoms with van der Waals surface area (Å²) < 4.78 is 6.05. The zero-order valence-corrected chi connectivity index (χ0v) is 11.5. The van der Waals surface area contributed by atoms with E-state index in [1.807, 2.05) is 18.2 Å². The van der Waals surface area contributed by atoms with Crippen LogP contribution >= 0.6 is 15.9 Å². The molecule has 6 nitrogen and oxygen atoms in total. The summed E-state index contributed by atoms with van der Waals surface area (Å²) in [5.41, 5.74) is 0.824. The van der Waals surface area contributed by atoms with E-state index in [1.165, 1.54) is 4.80 Å². The second kappa shape index (κ2) is 5.92. The van der Waals surface area contributed by atoms with E-state index in [2.05, 4.69) is 31.3 Å². The second-order valence-electron chi connectivity index (χ2n) is 3.63. The summed E-state index contributed by atoms with van der Waals surface area (Å²) in [6.45, 7) is 0.658. The molecular weight excluding hydrogens is 300 g/mol. The Kier molecular flexibility index (Phi) is 4.27. The third kappa shape index (κ3) is 2.85. The molecule has 0 aliphatic rings. The predicted molar refractivity (Wildman–Crippen MR) is 69.2 cm³/mol. The molecule has 0 unspecified atom stereocenters. The maximum absolute atomic E-state index is 8.75. The van der Waals surface area contributed by atoms with E-state index in [1.54, 1.807) is 7.11 Å². The average Bonchev–Trinajstić information content (AvgIpc) is 2.85. The van der Waals surface area contributed by atoms with Crippen molar-refractivity contribution in [3.8, 4) is 17.1 Å². The van der Waals surface area contributed by atoms with Crippen LogP contribution < -0.4 is 4.74 Å². The number of nitrogens with zero attached hydrogens (tertiary/aromatic N) is 4. The molecule has 18 heavy (non-hydrogen) atoms. The van der Waals surface area contributed by atoms with Crippen molar-refractivity contribution < 1.29 is 9.84 Å². The number of ether oxygens (including phenoxy) is 1. The van der Waals surface area contributed by atoms with Crippen molar-refractivity contribution >= 4 is 15.9 Å². The van der Waals surface area contributed by atoms with Gasteiger partial charge in [-0.15, -0.1) is 10.2 Å². The highest BCUT2D eigenvalue weighted by atomic mass is 79.9. The molecule has 1 aromatic heterocycles.